The molecule has 0 saturated carbocycles. The van der Waals surface area contributed by atoms with Crippen molar-refractivity contribution in [1.82, 2.24) is 4.98 Å². The largest absolute Gasteiger partial charge is 0.481 e. The fourth-order valence-corrected chi connectivity index (χ4v) is 1.24. The van der Waals surface area contributed by atoms with Crippen LogP contribution in [0.1, 0.15) is 18.4 Å². The average Bonchev–Trinajstić information content (AvgIpc) is 2.28. The molecule has 0 aliphatic carbocycles. The second kappa shape index (κ2) is 5.95. The number of carboxylic acid groups (broad SMARTS) is 1. The topological polar surface area (TPSA) is 105 Å². The Kier molecular flexibility index (Phi) is 4.59. The smallest absolute Gasteiger partial charge is 0.303 e. The van der Waals surface area contributed by atoms with E-state index in [0.717, 1.165) is 5.56 Å². The van der Waals surface area contributed by atoms with Crippen molar-refractivity contribution in [1.29, 1.82) is 0 Å². The predicted octanol–water partition coefficient (Wildman–Crippen LogP) is 0.521. The van der Waals surface area contributed by atoms with E-state index < -0.39 is 17.9 Å². The van der Waals surface area contributed by atoms with Gasteiger partial charge in [-0.3, -0.25) is 9.59 Å². The lowest BCUT2D eigenvalue weighted by atomic mass is 10.1. The van der Waals surface area contributed by atoms with Gasteiger partial charge in [-0.2, -0.15) is 0 Å². The number of hydrogen-bond acceptors (Lipinski definition) is 4. The first-order valence-corrected chi connectivity index (χ1v) is 5.20. The van der Waals surface area contributed by atoms with Crippen LogP contribution in [0.25, 0.3) is 0 Å². The molecule has 1 rings (SSSR count). The molecule has 0 aliphatic rings. The SMILES string of the molecule is Cc1cccnc1NC(=O)C(N)CCC(=O)O. The van der Waals surface area contributed by atoms with Gasteiger partial charge >= 0.3 is 5.97 Å². The number of anilines is 1. The second-order valence-electron chi connectivity index (χ2n) is 3.70. The van der Waals surface area contributed by atoms with Crippen LogP contribution in [0.2, 0.25) is 0 Å². The van der Waals surface area contributed by atoms with E-state index >= 15 is 0 Å². The minimum Gasteiger partial charge on any atom is -0.481 e. The van der Waals surface area contributed by atoms with Crippen LogP contribution in [0.5, 0.6) is 0 Å². The zero-order chi connectivity index (χ0) is 12.8. The maximum atomic E-state index is 11.6. The van der Waals surface area contributed by atoms with Crippen molar-refractivity contribution in [3.05, 3.63) is 23.9 Å². The Morgan fingerprint density at radius 2 is 2.29 bits per heavy atom. The molecule has 1 heterocycles. The van der Waals surface area contributed by atoms with Crippen molar-refractivity contribution in [2.24, 2.45) is 5.73 Å². The van der Waals surface area contributed by atoms with Gasteiger partial charge in [-0.05, 0) is 25.0 Å². The number of pyridine rings is 1. The highest BCUT2D eigenvalue weighted by atomic mass is 16.4. The molecule has 4 N–H and O–H groups in total. The van der Waals surface area contributed by atoms with E-state index in [1.54, 1.807) is 12.3 Å². The highest BCUT2D eigenvalue weighted by molar-refractivity contribution is 5.94. The molecule has 0 bridgehead atoms. The minimum atomic E-state index is -0.970. The highest BCUT2D eigenvalue weighted by Crippen LogP contribution is 2.09. The van der Waals surface area contributed by atoms with Crippen molar-refractivity contribution in [3.63, 3.8) is 0 Å². The molecule has 1 atom stereocenters. The van der Waals surface area contributed by atoms with Gasteiger partial charge in [-0.15, -0.1) is 0 Å². The fraction of sp³-hybridized carbons (Fsp3) is 0.364. The predicted molar refractivity (Wildman–Crippen MR) is 62.4 cm³/mol. The van der Waals surface area contributed by atoms with Gasteiger partial charge in [0.25, 0.3) is 0 Å². The molecule has 6 heteroatoms. The van der Waals surface area contributed by atoms with Crippen molar-refractivity contribution in [3.8, 4) is 0 Å². The quantitative estimate of drug-likeness (QED) is 0.692. The van der Waals surface area contributed by atoms with Crippen LogP contribution in [-0.2, 0) is 9.59 Å². The molecule has 1 unspecified atom stereocenters. The number of nitrogens with one attached hydrogen (secondary N) is 1. The summed E-state index contributed by atoms with van der Waals surface area (Å²) in [6, 6.07) is 2.73. The second-order valence-corrected chi connectivity index (χ2v) is 3.70. The fourth-order valence-electron chi connectivity index (χ4n) is 1.24. The molecular formula is C11H15N3O3. The normalized spacial score (nSPS) is 11.9. The number of aromatic nitrogens is 1. The minimum absolute atomic E-state index is 0.104. The number of rotatable bonds is 5. The molecule has 0 saturated heterocycles. The Bertz CT molecular complexity index is 420. The first-order valence-electron chi connectivity index (χ1n) is 5.20. The molecule has 6 nitrogen and oxygen atoms in total. The molecular weight excluding hydrogens is 222 g/mol. The molecule has 0 radical (unpaired) electrons. The van der Waals surface area contributed by atoms with Crippen molar-refractivity contribution >= 4 is 17.7 Å². The van der Waals surface area contributed by atoms with Crippen LogP contribution < -0.4 is 11.1 Å². The summed E-state index contributed by atoms with van der Waals surface area (Å²) in [5.74, 6) is -0.946. The van der Waals surface area contributed by atoms with Crippen LogP contribution in [0.4, 0.5) is 5.82 Å². The van der Waals surface area contributed by atoms with E-state index in [4.69, 9.17) is 10.8 Å². The third-order valence-corrected chi connectivity index (χ3v) is 2.26. The third kappa shape index (κ3) is 4.20. The molecule has 1 amide bonds. The molecule has 0 aliphatic heterocycles. The summed E-state index contributed by atoms with van der Waals surface area (Å²) in [6.07, 6.45) is 1.54. The van der Waals surface area contributed by atoms with Crippen molar-refractivity contribution < 1.29 is 14.7 Å². The maximum absolute atomic E-state index is 11.6. The van der Waals surface area contributed by atoms with Gasteiger partial charge in [-0.25, -0.2) is 4.98 Å². The van der Waals surface area contributed by atoms with E-state index in [1.807, 2.05) is 13.0 Å². The Labute approximate surface area is 98.8 Å². The van der Waals surface area contributed by atoms with Crippen LogP contribution >= 0.6 is 0 Å². The van der Waals surface area contributed by atoms with E-state index in [2.05, 4.69) is 10.3 Å². The molecule has 17 heavy (non-hydrogen) atoms. The molecule has 1 aromatic heterocycles. The average molecular weight is 237 g/mol. The number of nitrogens with two attached hydrogens (primary N) is 1. The number of hydrogen-bond donors (Lipinski definition) is 3. The highest BCUT2D eigenvalue weighted by Gasteiger charge is 2.15. The number of aryl methyl sites for hydroxylation is 1. The van der Waals surface area contributed by atoms with Gasteiger partial charge in [0.1, 0.15) is 5.82 Å². The van der Waals surface area contributed by atoms with Gasteiger partial charge in [0.15, 0.2) is 0 Å². The Balaban J connectivity index is 2.54. The first kappa shape index (κ1) is 13.1. The summed E-state index contributed by atoms with van der Waals surface area (Å²) in [7, 11) is 0. The Morgan fingerprint density at radius 1 is 1.59 bits per heavy atom. The van der Waals surface area contributed by atoms with Crippen LogP contribution in [0.3, 0.4) is 0 Å². The molecule has 0 fully saturated rings. The summed E-state index contributed by atoms with van der Waals surface area (Å²) < 4.78 is 0. The first-order chi connectivity index (χ1) is 8.00. The van der Waals surface area contributed by atoms with E-state index in [-0.39, 0.29) is 12.8 Å². The lowest BCUT2D eigenvalue weighted by Crippen LogP contribution is -2.36. The Morgan fingerprint density at radius 3 is 2.88 bits per heavy atom. The number of aliphatic carboxylic acids is 1. The van der Waals surface area contributed by atoms with Gasteiger partial charge in [0.05, 0.1) is 6.04 Å². The van der Waals surface area contributed by atoms with Crippen molar-refractivity contribution in [2.45, 2.75) is 25.8 Å². The Hall–Kier alpha value is -1.95. The summed E-state index contributed by atoms with van der Waals surface area (Å²) in [6.45, 7) is 1.81. The lowest BCUT2D eigenvalue weighted by molar-refractivity contribution is -0.137. The molecule has 0 spiro atoms. The van der Waals surface area contributed by atoms with E-state index in [9.17, 15) is 9.59 Å². The molecule has 0 aromatic carbocycles. The zero-order valence-electron chi connectivity index (χ0n) is 9.51. The lowest BCUT2D eigenvalue weighted by Gasteiger charge is -2.11. The summed E-state index contributed by atoms with van der Waals surface area (Å²) in [5, 5.41) is 11.0. The monoisotopic (exact) mass is 237 g/mol. The van der Waals surface area contributed by atoms with E-state index in [1.165, 1.54) is 0 Å². The van der Waals surface area contributed by atoms with Gasteiger partial charge in [0, 0.05) is 12.6 Å². The van der Waals surface area contributed by atoms with E-state index in [0.29, 0.717) is 5.82 Å². The van der Waals surface area contributed by atoms with Crippen LogP contribution in [-0.4, -0.2) is 28.0 Å². The summed E-state index contributed by atoms with van der Waals surface area (Å²) in [5.41, 5.74) is 6.39. The van der Waals surface area contributed by atoms with Gasteiger partial charge < -0.3 is 16.2 Å². The number of carbonyl (C=O) groups excluding carboxylic acids is 1. The number of carbonyl (C=O) groups is 2. The zero-order valence-corrected chi connectivity index (χ0v) is 9.51. The van der Waals surface area contributed by atoms with Crippen LogP contribution in [0, 0.1) is 6.92 Å². The maximum Gasteiger partial charge on any atom is 0.303 e. The standard InChI is InChI=1S/C11H15N3O3/c1-7-3-2-6-13-10(7)14-11(17)8(12)4-5-9(15)16/h2-3,6,8H,4-5,12H2,1H3,(H,15,16)(H,13,14,17). The van der Waals surface area contributed by atoms with Crippen LogP contribution in [0.15, 0.2) is 18.3 Å². The molecule has 1 aromatic rings. The van der Waals surface area contributed by atoms with Gasteiger partial charge in [0.2, 0.25) is 5.91 Å². The summed E-state index contributed by atoms with van der Waals surface area (Å²) in [4.78, 5) is 25.9. The third-order valence-electron chi connectivity index (χ3n) is 2.26. The van der Waals surface area contributed by atoms with Crippen molar-refractivity contribution in [2.75, 3.05) is 5.32 Å². The summed E-state index contributed by atoms with van der Waals surface area (Å²) >= 11 is 0. The number of carboxylic acids is 1. The number of nitrogens with zero attached hydrogens (tertiary/aromatic N) is 1. The number of amides is 1. The van der Waals surface area contributed by atoms with Gasteiger partial charge in [-0.1, -0.05) is 6.07 Å². The molecule has 92 valence electrons.